The second-order valence-corrected chi connectivity index (χ2v) is 3.56. The van der Waals surface area contributed by atoms with Gasteiger partial charge in [0.2, 0.25) is 0 Å². The molecule has 5 nitrogen and oxygen atoms in total. The number of benzene rings is 1. The highest BCUT2D eigenvalue weighted by Gasteiger charge is 2.08. The molecule has 1 aromatic carbocycles. The Morgan fingerprint density at radius 3 is 2.71 bits per heavy atom. The molecule has 0 saturated carbocycles. The topological polar surface area (TPSA) is 67.5 Å². The summed E-state index contributed by atoms with van der Waals surface area (Å²) in [5.74, 6) is -0.730. The quantitative estimate of drug-likeness (QED) is 0.588. The van der Waals surface area contributed by atoms with Crippen LogP contribution in [0, 0.1) is 5.82 Å². The number of halogens is 1. The largest absolute Gasteiger partial charge is 0.491 e. The first-order valence-electron chi connectivity index (χ1n) is 4.83. The number of hydrogen-bond acceptors (Lipinski definition) is 4. The molecule has 2 heterocycles. The van der Waals surface area contributed by atoms with E-state index in [2.05, 4.69) is 10.2 Å². The third-order valence-corrected chi connectivity index (χ3v) is 2.54. The van der Waals surface area contributed by atoms with Gasteiger partial charge in [0.15, 0.2) is 0 Å². The van der Waals surface area contributed by atoms with Gasteiger partial charge in [-0.1, -0.05) is 11.2 Å². The maximum absolute atomic E-state index is 13.1. The van der Waals surface area contributed by atoms with Crippen LogP contribution in [0.2, 0.25) is 0 Å². The average Bonchev–Trinajstić information content (AvgIpc) is 2.32. The highest BCUT2D eigenvalue weighted by molar-refractivity contribution is 5.83. The van der Waals surface area contributed by atoms with E-state index >= 15 is 0 Å². The first-order chi connectivity index (χ1) is 8.16. The van der Waals surface area contributed by atoms with Crippen LogP contribution < -0.4 is 5.69 Å². The molecule has 0 radical (unpaired) electrons. The maximum Gasteiger partial charge on any atom is 0.371 e. The van der Waals surface area contributed by atoms with Crippen LogP contribution in [0.1, 0.15) is 0 Å². The van der Waals surface area contributed by atoms with E-state index < -0.39 is 11.5 Å². The van der Waals surface area contributed by atoms with Crippen LogP contribution in [-0.2, 0) is 0 Å². The van der Waals surface area contributed by atoms with Gasteiger partial charge in [0.05, 0.1) is 5.52 Å². The van der Waals surface area contributed by atoms with Gasteiger partial charge in [-0.3, -0.25) is 4.40 Å². The number of nitrogens with zero attached hydrogens (tertiary/aromatic N) is 3. The fourth-order valence-electron chi connectivity index (χ4n) is 1.80. The SMILES string of the molecule is O=c1nnc(O)c2ccc3cc(F)ccc3n12. The van der Waals surface area contributed by atoms with E-state index in [0.29, 0.717) is 10.9 Å². The lowest BCUT2D eigenvalue weighted by atomic mass is 10.2. The van der Waals surface area contributed by atoms with Gasteiger partial charge in [0, 0.05) is 5.39 Å². The van der Waals surface area contributed by atoms with Gasteiger partial charge in [0.25, 0.3) is 5.88 Å². The Hall–Kier alpha value is -2.50. The predicted octanol–water partition coefficient (Wildman–Crippen LogP) is 1.09. The Labute approximate surface area is 93.8 Å². The number of aromatic nitrogens is 3. The molecule has 17 heavy (non-hydrogen) atoms. The highest BCUT2D eigenvalue weighted by atomic mass is 19.1. The van der Waals surface area contributed by atoms with Crippen molar-refractivity contribution in [2.75, 3.05) is 0 Å². The molecule has 0 saturated heterocycles. The molecule has 3 aromatic rings. The van der Waals surface area contributed by atoms with Crippen molar-refractivity contribution in [3.05, 3.63) is 46.6 Å². The molecule has 84 valence electrons. The van der Waals surface area contributed by atoms with Crippen molar-refractivity contribution in [1.29, 1.82) is 0 Å². The van der Waals surface area contributed by atoms with Crippen molar-refractivity contribution >= 4 is 16.4 Å². The molecule has 0 fully saturated rings. The number of aromatic hydroxyl groups is 1. The molecule has 0 bridgehead atoms. The van der Waals surface area contributed by atoms with Crippen LogP contribution in [0.25, 0.3) is 16.4 Å². The van der Waals surface area contributed by atoms with Crippen molar-refractivity contribution < 1.29 is 9.50 Å². The molecule has 0 atom stereocenters. The van der Waals surface area contributed by atoms with Crippen molar-refractivity contribution in [2.45, 2.75) is 0 Å². The molecule has 1 N–H and O–H groups in total. The Morgan fingerprint density at radius 2 is 1.88 bits per heavy atom. The summed E-state index contributed by atoms with van der Waals surface area (Å²) in [7, 11) is 0. The lowest BCUT2D eigenvalue weighted by Gasteiger charge is -2.05. The lowest BCUT2D eigenvalue weighted by Crippen LogP contribution is -2.18. The van der Waals surface area contributed by atoms with Crippen LogP contribution in [0.5, 0.6) is 5.88 Å². The summed E-state index contributed by atoms with van der Waals surface area (Å²) in [5, 5.41) is 16.7. The first-order valence-corrected chi connectivity index (χ1v) is 4.83. The third-order valence-electron chi connectivity index (χ3n) is 2.54. The van der Waals surface area contributed by atoms with E-state index in [1.54, 1.807) is 6.07 Å². The van der Waals surface area contributed by atoms with Gasteiger partial charge < -0.3 is 5.11 Å². The van der Waals surface area contributed by atoms with Gasteiger partial charge >= 0.3 is 5.69 Å². The lowest BCUT2D eigenvalue weighted by molar-refractivity contribution is 0.446. The standard InChI is InChI=1S/C11H6FN3O2/c12-7-2-4-8-6(5-7)1-3-9-10(16)13-14-11(17)15(8)9/h1-5,16H. The zero-order valence-electron chi connectivity index (χ0n) is 8.46. The van der Waals surface area contributed by atoms with Crippen LogP contribution in [0.15, 0.2) is 35.1 Å². The molecule has 0 amide bonds. The predicted molar refractivity (Wildman–Crippen MR) is 58.4 cm³/mol. The molecule has 0 unspecified atom stereocenters. The Morgan fingerprint density at radius 1 is 1.12 bits per heavy atom. The Kier molecular flexibility index (Phi) is 1.85. The smallest absolute Gasteiger partial charge is 0.371 e. The molecule has 0 aliphatic heterocycles. The van der Waals surface area contributed by atoms with E-state index in [1.165, 1.54) is 28.7 Å². The van der Waals surface area contributed by atoms with Crippen molar-refractivity contribution in [3.8, 4) is 5.88 Å². The summed E-state index contributed by atoms with van der Waals surface area (Å²) in [5.41, 5.74) is 0.0956. The van der Waals surface area contributed by atoms with Crippen molar-refractivity contribution in [2.24, 2.45) is 0 Å². The van der Waals surface area contributed by atoms with Gasteiger partial charge in [0.1, 0.15) is 11.3 Å². The molecular formula is C11H6FN3O2. The minimum atomic E-state index is -0.616. The summed E-state index contributed by atoms with van der Waals surface area (Å²) in [6, 6.07) is 7.10. The normalized spacial score (nSPS) is 11.1. The average molecular weight is 231 g/mol. The van der Waals surface area contributed by atoms with E-state index in [4.69, 9.17) is 0 Å². The summed E-state index contributed by atoms with van der Waals surface area (Å²) in [4.78, 5) is 11.6. The fraction of sp³-hybridized carbons (Fsp3) is 0. The summed E-state index contributed by atoms with van der Waals surface area (Å²) < 4.78 is 14.2. The van der Waals surface area contributed by atoms with Gasteiger partial charge in [-0.15, -0.1) is 5.10 Å². The fourth-order valence-corrected chi connectivity index (χ4v) is 1.80. The summed E-state index contributed by atoms with van der Waals surface area (Å²) in [6.45, 7) is 0. The van der Waals surface area contributed by atoms with E-state index in [1.807, 2.05) is 0 Å². The minimum Gasteiger partial charge on any atom is -0.491 e. The summed E-state index contributed by atoms with van der Waals surface area (Å²) >= 11 is 0. The number of rotatable bonds is 0. The van der Waals surface area contributed by atoms with Gasteiger partial charge in [-0.2, -0.15) is 0 Å². The molecule has 6 heteroatoms. The molecular weight excluding hydrogens is 225 g/mol. The van der Waals surface area contributed by atoms with Gasteiger partial charge in [-0.05, 0) is 24.3 Å². The monoisotopic (exact) mass is 231 g/mol. The number of pyridine rings is 1. The van der Waals surface area contributed by atoms with Crippen molar-refractivity contribution in [3.63, 3.8) is 0 Å². The first kappa shape index (κ1) is 9.71. The maximum atomic E-state index is 13.1. The van der Waals surface area contributed by atoms with Gasteiger partial charge in [-0.25, -0.2) is 9.18 Å². The van der Waals surface area contributed by atoms with E-state index in [0.717, 1.165) is 0 Å². The zero-order chi connectivity index (χ0) is 12.0. The van der Waals surface area contributed by atoms with Crippen LogP contribution in [-0.4, -0.2) is 19.7 Å². The molecule has 0 spiro atoms. The van der Waals surface area contributed by atoms with E-state index in [9.17, 15) is 14.3 Å². The third kappa shape index (κ3) is 1.34. The molecule has 3 rings (SSSR count). The minimum absolute atomic E-state index is 0.240. The Balaban J connectivity index is 2.64. The second-order valence-electron chi connectivity index (χ2n) is 3.56. The molecule has 0 aliphatic carbocycles. The highest BCUT2D eigenvalue weighted by Crippen LogP contribution is 2.20. The van der Waals surface area contributed by atoms with Crippen LogP contribution in [0.4, 0.5) is 4.39 Å². The van der Waals surface area contributed by atoms with Crippen LogP contribution in [0.3, 0.4) is 0 Å². The second kappa shape index (κ2) is 3.24. The number of fused-ring (bicyclic) bond motifs is 3. The van der Waals surface area contributed by atoms with Crippen LogP contribution >= 0.6 is 0 Å². The number of hydrogen-bond donors (Lipinski definition) is 1. The van der Waals surface area contributed by atoms with E-state index in [-0.39, 0.29) is 11.4 Å². The molecule has 0 aliphatic rings. The van der Waals surface area contributed by atoms with Crippen molar-refractivity contribution in [1.82, 2.24) is 14.6 Å². The summed E-state index contributed by atoms with van der Waals surface area (Å²) in [6.07, 6.45) is 0. The zero-order valence-corrected chi connectivity index (χ0v) is 8.46. The Bertz CT molecular complexity index is 798. The molecule has 2 aromatic heterocycles.